The second-order valence-electron chi connectivity index (χ2n) is 5.11. The van der Waals surface area contributed by atoms with Crippen molar-refractivity contribution in [1.82, 2.24) is 9.55 Å². The molecule has 0 aliphatic heterocycles. The molecule has 22 heavy (non-hydrogen) atoms. The van der Waals surface area contributed by atoms with Crippen molar-refractivity contribution in [3.8, 4) is 11.1 Å². The highest BCUT2D eigenvalue weighted by molar-refractivity contribution is 7.17. The fourth-order valence-electron chi connectivity index (χ4n) is 2.34. The van der Waals surface area contributed by atoms with E-state index in [4.69, 9.17) is 5.11 Å². The molecule has 0 amide bonds. The Labute approximate surface area is 130 Å². The number of aliphatic hydroxyl groups excluding tert-OH is 1. The van der Waals surface area contributed by atoms with E-state index >= 15 is 0 Å². The second-order valence-corrected chi connectivity index (χ2v) is 5.97. The predicted molar refractivity (Wildman–Crippen MR) is 85.7 cm³/mol. The van der Waals surface area contributed by atoms with Crippen LogP contribution in [0.3, 0.4) is 0 Å². The maximum absolute atomic E-state index is 13.8. The summed E-state index contributed by atoms with van der Waals surface area (Å²) in [5, 5.41) is 11.2. The Morgan fingerprint density at radius 1 is 1.41 bits per heavy atom. The van der Waals surface area contributed by atoms with Crippen LogP contribution >= 0.6 is 11.3 Å². The minimum atomic E-state index is -0.290. The SMILES string of the molecule is Cc1ccc(-c2csc3ncn(CCCO)c(=O)c23)cc1F. The minimum absolute atomic E-state index is 0.0180. The van der Waals surface area contributed by atoms with Crippen LogP contribution in [-0.4, -0.2) is 21.3 Å². The van der Waals surface area contributed by atoms with E-state index in [1.807, 2.05) is 11.4 Å². The van der Waals surface area contributed by atoms with Gasteiger partial charge >= 0.3 is 0 Å². The van der Waals surface area contributed by atoms with Gasteiger partial charge in [0.2, 0.25) is 0 Å². The van der Waals surface area contributed by atoms with E-state index in [0.717, 1.165) is 0 Å². The normalized spacial score (nSPS) is 11.2. The number of nitrogens with zero attached hydrogens (tertiary/aromatic N) is 2. The maximum Gasteiger partial charge on any atom is 0.262 e. The van der Waals surface area contributed by atoms with Crippen LogP contribution < -0.4 is 5.56 Å². The summed E-state index contributed by atoms with van der Waals surface area (Å²) in [6.45, 7) is 2.13. The number of thiophene rings is 1. The first-order chi connectivity index (χ1) is 10.6. The zero-order valence-corrected chi connectivity index (χ0v) is 12.9. The molecule has 0 aliphatic rings. The topological polar surface area (TPSA) is 55.1 Å². The van der Waals surface area contributed by atoms with Crippen molar-refractivity contribution in [3.63, 3.8) is 0 Å². The highest BCUT2D eigenvalue weighted by Gasteiger charge is 2.14. The summed E-state index contributed by atoms with van der Waals surface area (Å²) in [6, 6.07) is 4.96. The highest BCUT2D eigenvalue weighted by Crippen LogP contribution is 2.31. The van der Waals surface area contributed by atoms with E-state index in [2.05, 4.69) is 4.98 Å². The van der Waals surface area contributed by atoms with Crippen LogP contribution in [0.1, 0.15) is 12.0 Å². The van der Waals surface area contributed by atoms with Gasteiger partial charge < -0.3 is 5.11 Å². The molecule has 3 rings (SSSR count). The predicted octanol–water partition coefficient (Wildman–Crippen LogP) is 2.95. The van der Waals surface area contributed by atoms with Gasteiger partial charge in [0.1, 0.15) is 10.6 Å². The van der Waals surface area contributed by atoms with Gasteiger partial charge in [-0.05, 0) is 30.5 Å². The van der Waals surface area contributed by atoms with Crippen LogP contribution in [0.15, 0.2) is 34.7 Å². The van der Waals surface area contributed by atoms with Crippen LogP contribution in [0.4, 0.5) is 4.39 Å². The molecule has 4 nitrogen and oxygen atoms in total. The van der Waals surface area contributed by atoms with Crippen molar-refractivity contribution in [2.45, 2.75) is 19.9 Å². The van der Waals surface area contributed by atoms with Gasteiger partial charge in [0.05, 0.1) is 11.7 Å². The lowest BCUT2D eigenvalue weighted by Crippen LogP contribution is -2.20. The van der Waals surface area contributed by atoms with E-state index < -0.39 is 0 Å². The molecule has 0 atom stereocenters. The van der Waals surface area contributed by atoms with Crippen LogP contribution in [0.25, 0.3) is 21.3 Å². The number of aryl methyl sites for hydroxylation is 2. The van der Waals surface area contributed by atoms with Gasteiger partial charge in [0.15, 0.2) is 0 Å². The number of halogens is 1. The molecule has 2 aromatic heterocycles. The molecule has 2 heterocycles. The third kappa shape index (κ3) is 2.55. The van der Waals surface area contributed by atoms with E-state index in [0.29, 0.717) is 39.9 Å². The Hall–Kier alpha value is -2.05. The smallest absolute Gasteiger partial charge is 0.262 e. The lowest BCUT2D eigenvalue weighted by Gasteiger charge is -2.05. The number of hydrogen-bond donors (Lipinski definition) is 1. The fourth-order valence-corrected chi connectivity index (χ4v) is 3.25. The third-order valence-electron chi connectivity index (χ3n) is 3.60. The van der Waals surface area contributed by atoms with Crippen molar-refractivity contribution in [1.29, 1.82) is 0 Å². The molecule has 0 spiro atoms. The summed E-state index contributed by atoms with van der Waals surface area (Å²) >= 11 is 1.37. The molecule has 0 radical (unpaired) electrons. The molecule has 0 saturated heterocycles. The molecular formula is C16H15FN2O2S. The molecule has 1 aromatic carbocycles. The first-order valence-corrected chi connectivity index (χ1v) is 7.84. The van der Waals surface area contributed by atoms with Crippen molar-refractivity contribution >= 4 is 21.6 Å². The molecule has 0 fully saturated rings. The van der Waals surface area contributed by atoms with Crippen molar-refractivity contribution in [2.75, 3.05) is 6.61 Å². The van der Waals surface area contributed by atoms with Gasteiger partial charge in [0, 0.05) is 24.1 Å². The van der Waals surface area contributed by atoms with E-state index in [1.54, 1.807) is 13.0 Å². The Morgan fingerprint density at radius 3 is 2.95 bits per heavy atom. The van der Waals surface area contributed by atoms with Crippen LogP contribution in [0.5, 0.6) is 0 Å². The average molecular weight is 318 g/mol. The van der Waals surface area contributed by atoms with Gasteiger partial charge in [-0.25, -0.2) is 9.37 Å². The maximum atomic E-state index is 13.8. The molecule has 0 saturated carbocycles. The van der Waals surface area contributed by atoms with Gasteiger partial charge in [-0.1, -0.05) is 12.1 Å². The molecule has 3 aromatic rings. The Bertz CT molecular complexity index is 885. The number of benzene rings is 1. The monoisotopic (exact) mass is 318 g/mol. The van der Waals surface area contributed by atoms with Crippen LogP contribution in [0, 0.1) is 12.7 Å². The molecule has 114 valence electrons. The quantitative estimate of drug-likeness (QED) is 0.804. The zero-order valence-electron chi connectivity index (χ0n) is 12.0. The van der Waals surface area contributed by atoms with Gasteiger partial charge in [-0.2, -0.15) is 0 Å². The minimum Gasteiger partial charge on any atom is -0.396 e. The average Bonchev–Trinajstić information content (AvgIpc) is 2.94. The fraction of sp³-hybridized carbons (Fsp3) is 0.250. The Morgan fingerprint density at radius 2 is 2.23 bits per heavy atom. The van der Waals surface area contributed by atoms with Crippen molar-refractivity contribution in [3.05, 3.63) is 51.6 Å². The lowest BCUT2D eigenvalue weighted by molar-refractivity contribution is 0.279. The molecule has 6 heteroatoms. The number of aromatic nitrogens is 2. The van der Waals surface area contributed by atoms with Gasteiger partial charge in [-0.3, -0.25) is 9.36 Å². The van der Waals surface area contributed by atoms with Gasteiger partial charge in [0.25, 0.3) is 5.56 Å². The summed E-state index contributed by atoms with van der Waals surface area (Å²) in [6.07, 6.45) is 1.99. The third-order valence-corrected chi connectivity index (χ3v) is 4.49. The summed E-state index contributed by atoms with van der Waals surface area (Å²) in [5.74, 6) is -0.290. The number of hydrogen-bond acceptors (Lipinski definition) is 4. The summed E-state index contributed by atoms with van der Waals surface area (Å²) in [4.78, 5) is 17.5. The number of fused-ring (bicyclic) bond motifs is 1. The van der Waals surface area contributed by atoms with Gasteiger partial charge in [-0.15, -0.1) is 11.3 Å². The zero-order chi connectivity index (χ0) is 15.7. The molecule has 1 N–H and O–H groups in total. The summed E-state index contributed by atoms with van der Waals surface area (Å²) < 4.78 is 15.3. The van der Waals surface area contributed by atoms with E-state index in [1.165, 1.54) is 28.3 Å². The molecule has 0 bridgehead atoms. The number of rotatable bonds is 4. The second kappa shape index (κ2) is 5.98. The van der Waals surface area contributed by atoms with Crippen LogP contribution in [-0.2, 0) is 6.54 Å². The van der Waals surface area contributed by atoms with Crippen molar-refractivity contribution < 1.29 is 9.50 Å². The summed E-state index contributed by atoms with van der Waals surface area (Å²) in [7, 11) is 0. The summed E-state index contributed by atoms with van der Waals surface area (Å²) in [5.41, 5.74) is 1.79. The number of aliphatic hydroxyl groups is 1. The Kier molecular flexibility index (Phi) is 4.04. The van der Waals surface area contributed by atoms with E-state index in [9.17, 15) is 9.18 Å². The van der Waals surface area contributed by atoms with Crippen LogP contribution in [0.2, 0.25) is 0 Å². The van der Waals surface area contributed by atoms with Crippen molar-refractivity contribution in [2.24, 2.45) is 0 Å². The molecule has 0 unspecified atom stereocenters. The standard InChI is InChI=1S/C16H15FN2O2S/c1-10-3-4-11(7-13(10)17)12-8-22-15-14(12)16(21)19(9-18-15)5-2-6-20/h3-4,7-9,20H,2,5-6H2,1H3. The Balaban J connectivity index is 2.17. The first-order valence-electron chi connectivity index (χ1n) is 6.96. The lowest BCUT2D eigenvalue weighted by atomic mass is 10.0. The highest BCUT2D eigenvalue weighted by atomic mass is 32.1. The first kappa shape index (κ1) is 14.9. The molecule has 0 aliphatic carbocycles. The largest absolute Gasteiger partial charge is 0.396 e. The molecular weight excluding hydrogens is 303 g/mol. The van der Waals surface area contributed by atoms with E-state index in [-0.39, 0.29) is 18.0 Å².